The van der Waals surface area contributed by atoms with Crippen molar-refractivity contribution in [1.82, 2.24) is 9.97 Å². The van der Waals surface area contributed by atoms with Crippen molar-refractivity contribution in [3.8, 4) is 0 Å². The molecule has 0 saturated carbocycles. The summed E-state index contributed by atoms with van der Waals surface area (Å²) in [5, 5.41) is 0. The number of aromatic nitrogens is 2. The van der Waals surface area contributed by atoms with E-state index in [4.69, 9.17) is 9.72 Å². The van der Waals surface area contributed by atoms with E-state index >= 15 is 0 Å². The summed E-state index contributed by atoms with van der Waals surface area (Å²) in [6, 6.07) is 10.8. The van der Waals surface area contributed by atoms with Gasteiger partial charge in [-0.25, -0.2) is 4.98 Å². The van der Waals surface area contributed by atoms with Crippen molar-refractivity contribution in [3.05, 3.63) is 42.1 Å². The zero-order chi connectivity index (χ0) is 17.1. The molecule has 132 valence electrons. The van der Waals surface area contributed by atoms with Gasteiger partial charge in [-0.15, -0.1) is 0 Å². The van der Waals surface area contributed by atoms with Crippen LogP contribution in [0, 0.1) is 6.92 Å². The van der Waals surface area contributed by atoms with Gasteiger partial charge in [-0.3, -0.25) is 0 Å². The number of nitrogens with zero attached hydrogens (tertiary/aromatic N) is 5. The Morgan fingerprint density at radius 3 is 2.40 bits per heavy atom. The minimum Gasteiger partial charge on any atom is -0.378 e. The lowest BCUT2D eigenvalue weighted by atomic mass is 10.2. The molecule has 0 bridgehead atoms. The Hall–Kier alpha value is -2.34. The first kappa shape index (κ1) is 16.1. The average Bonchev–Trinajstić information content (AvgIpc) is 2.69. The number of morpholine rings is 1. The molecule has 0 spiro atoms. The van der Waals surface area contributed by atoms with E-state index in [-0.39, 0.29) is 0 Å². The molecule has 2 saturated heterocycles. The zero-order valence-corrected chi connectivity index (χ0v) is 14.8. The van der Waals surface area contributed by atoms with Gasteiger partial charge < -0.3 is 19.4 Å². The first-order chi connectivity index (χ1) is 12.3. The predicted molar refractivity (Wildman–Crippen MR) is 101 cm³/mol. The Balaban J connectivity index is 1.42. The monoisotopic (exact) mass is 339 g/mol. The van der Waals surface area contributed by atoms with E-state index in [0.29, 0.717) is 0 Å². The Bertz CT molecular complexity index is 708. The molecule has 2 fully saturated rings. The lowest BCUT2D eigenvalue weighted by molar-refractivity contribution is 0.122. The van der Waals surface area contributed by atoms with Crippen LogP contribution >= 0.6 is 0 Å². The van der Waals surface area contributed by atoms with Gasteiger partial charge in [-0.2, -0.15) is 4.98 Å². The Kier molecular flexibility index (Phi) is 4.70. The van der Waals surface area contributed by atoms with Gasteiger partial charge in [0.15, 0.2) is 0 Å². The molecule has 0 aliphatic carbocycles. The van der Waals surface area contributed by atoms with Gasteiger partial charge in [-0.1, -0.05) is 12.1 Å². The summed E-state index contributed by atoms with van der Waals surface area (Å²) in [5.41, 5.74) is 2.63. The molecular weight excluding hydrogens is 314 g/mol. The Morgan fingerprint density at radius 2 is 1.64 bits per heavy atom. The molecule has 25 heavy (non-hydrogen) atoms. The van der Waals surface area contributed by atoms with Crippen LogP contribution in [0.25, 0.3) is 0 Å². The highest BCUT2D eigenvalue weighted by molar-refractivity contribution is 5.51. The molecule has 2 aromatic rings. The smallest absolute Gasteiger partial charge is 0.227 e. The largest absolute Gasteiger partial charge is 0.378 e. The lowest BCUT2D eigenvalue weighted by Gasteiger charge is -2.37. The maximum absolute atomic E-state index is 5.42. The fraction of sp³-hybridized carbons (Fsp3) is 0.474. The number of aryl methyl sites for hydroxylation is 1. The predicted octanol–water partition coefficient (Wildman–Crippen LogP) is 1.95. The number of benzene rings is 1. The minimum absolute atomic E-state index is 0.753. The van der Waals surface area contributed by atoms with Gasteiger partial charge in [0.25, 0.3) is 0 Å². The van der Waals surface area contributed by atoms with Gasteiger partial charge in [0.1, 0.15) is 5.82 Å². The van der Waals surface area contributed by atoms with E-state index in [9.17, 15) is 0 Å². The second-order valence-electron chi connectivity index (χ2n) is 6.63. The quantitative estimate of drug-likeness (QED) is 0.852. The summed E-state index contributed by atoms with van der Waals surface area (Å²) in [6.45, 7) is 9.37. The topological polar surface area (TPSA) is 44.7 Å². The highest BCUT2D eigenvalue weighted by Crippen LogP contribution is 2.21. The summed E-state index contributed by atoms with van der Waals surface area (Å²) in [4.78, 5) is 16.3. The minimum atomic E-state index is 0.753. The second kappa shape index (κ2) is 7.27. The van der Waals surface area contributed by atoms with Gasteiger partial charge in [0.05, 0.1) is 13.2 Å². The van der Waals surface area contributed by atoms with Gasteiger partial charge >= 0.3 is 0 Å². The second-order valence-corrected chi connectivity index (χ2v) is 6.63. The summed E-state index contributed by atoms with van der Waals surface area (Å²) >= 11 is 0. The third kappa shape index (κ3) is 3.69. The lowest BCUT2D eigenvalue weighted by Crippen LogP contribution is -2.47. The molecule has 3 heterocycles. The van der Waals surface area contributed by atoms with Crippen LogP contribution in [-0.4, -0.2) is 62.5 Å². The van der Waals surface area contributed by atoms with Crippen LogP contribution < -0.4 is 14.7 Å². The molecule has 1 aromatic heterocycles. The fourth-order valence-corrected chi connectivity index (χ4v) is 3.45. The van der Waals surface area contributed by atoms with Crippen molar-refractivity contribution in [1.29, 1.82) is 0 Å². The number of hydrogen-bond acceptors (Lipinski definition) is 6. The number of anilines is 3. The number of hydrogen-bond donors (Lipinski definition) is 0. The van der Waals surface area contributed by atoms with Crippen LogP contribution in [0.5, 0.6) is 0 Å². The Labute approximate surface area is 149 Å². The standard InChI is InChI=1S/C19H25N5O/c1-16-3-2-4-17(15-16)22-7-9-23(10-8-22)18-5-6-20-19(21-18)24-11-13-25-14-12-24/h2-6,15H,7-14H2,1H3. The maximum atomic E-state index is 5.42. The van der Waals surface area contributed by atoms with Crippen LogP contribution in [0.3, 0.4) is 0 Å². The average molecular weight is 339 g/mol. The summed E-state index contributed by atoms with van der Waals surface area (Å²) in [6.07, 6.45) is 1.88. The van der Waals surface area contributed by atoms with E-state index < -0.39 is 0 Å². The van der Waals surface area contributed by atoms with Crippen LogP contribution in [0.4, 0.5) is 17.5 Å². The molecule has 0 radical (unpaired) electrons. The molecule has 0 amide bonds. The molecule has 6 nitrogen and oxygen atoms in total. The number of ether oxygens (including phenoxy) is 1. The SMILES string of the molecule is Cc1cccc(N2CCN(c3ccnc(N4CCOCC4)n3)CC2)c1. The molecule has 1 aromatic carbocycles. The third-order valence-electron chi connectivity index (χ3n) is 4.89. The summed E-state index contributed by atoms with van der Waals surface area (Å²) in [5.74, 6) is 1.85. The van der Waals surface area contributed by atoms with Crippen LogP contribution in [0.1, 0.15) is 5.56 Å². The van der Waals surface area contributed by atoms with E-state index in [1.54, 1.807) is 0 Å². The van der Waals surface area contributed by atoms with Gasteiger partial charge in [0.2, 0.25) is 5.95 Å². The first-order valence-corrected chi connectivity index (χ1v) is 9.02. The third-order valence-corrected chi connectivity index (χ3v) is 4.89. The summed E-state index contributed by atoms with van der Waals surface area (Å²) in [7, 11) is 0. The molecule has 2 aliphatic rings. The van der Waals surface area contributed by atoms with E-state index in [2.05, 4.69) is 50.9 Å². The van der Waals surface area contributed by atoms with E-state index in [1.165, 1.54) is 11.3 Å². The van der Waals surface area contributed by atoms with Crippen molar-refractivity contribution < 1.29 is 4.74 Å². The number of piperazine rings is 1. The molecule has 0 unspecified atom stereocenters. The molecular formula is C19H25N5O. The first-order valence-electron chi connectivity index (χ1n) is 9.02. The highest BCUT2D eigenvalue weighted by atomic mass is 16.5. The molecule has 2 aliphatic heterocycles. The van der Waals surface area contributed by atoms with Crippen LogP contribution in [0.15, 0.2) is 36.5 Å². The van der Waals surface area contributed by atoms with Crippen molar-refractivity contribution >= 4 is 17.5 Å². The van der Waals surface area contributed by atoms with Crippen molar-refractivity contribution in [2.45, 2.75) is 6.92 Å². The zero-order valence-electron chi connectivity index (χ0n) is 14.8. The van der Waals surface area contributed by atoms with Crippen molar-refractivity contribution in [2.24, 2.45) is 0 Å². The van der Waals surface area contributed by atoms with Crippen molar-refractivity contribution in [2.75, 3.05) is 67.2 Å². The normalized spacial score (nSPS) is 18.5. The highest BCUT2D eigenvalue weighted by Gasteiger charge is 2.20. The molecule has 6 heteroatoms. The van der Waals surface area contributed by atoms with E-state index in [0.717, 1.165) is 64.2 Å². The maximum Gasteiger partial charge on any atom is 0.227 e. The van der Waals surface area contributed by atoms with Crippen molar-refractivity contribution in [3.63, 3.8) is 0 Å². The molecule has 0 N–H and O–H groups in total. The Morgan fingerprint density at radius 1 is 0.880 bits per heavy atom. The van der Waals surface area contributed by atoms with Crippen LogP contribution in [-0.2, 0) is 4.74 Å². The molecule has 4 rings (SSSR count). The number of rotatable bonds is 3. The van der Waals surface area contributed by atoms with E-state index in [1.807, 2.05) is 12.3 Å². The summed E-state index contributed by atoms with van der Waals surface area (Å²) < 4.78 is 5.42. The van der Waals surface area contributed by atoms with Gasteiger partial charge in [0, 0.05) is 51.2 Å². The van der Waals surface area contributed by atoms with Crippen LogP contribution in [0.2, 0.25) is 0 Å². The molecule has 0 atom stereocenters. The fourth-order valence-electron chi connectivity index (χ4n) is 3.45. The van der Waals surface area contributed by atoms with Gasteiger partial charge in [-0.05, 0) is 30.7 Å².